The van der Waals surface area contributed by atoms with Gasteiger partial charge in [-0.05, 0) is 30.3 Å². The summed E-state index contributed by atoms with van der Waals surface area (Å²) in [7, 11) is 0. The number of furan rings is 1. The van der Waals surface area contributed by atoms with Gasteiger partial charge in [0.1, 0.15) is 11.4 Å². The van der Waals surface area contributed by atoms with E-state index in [4.69, 9.17) is 4.42 Å². The molecule has 118 valence electrons. The minimum absolute atomic E-state index is 0.109. The smallest absolute Gasteiger partial charge is 0.280 e. The predicted molar refractivity (Wildman–Crippen MR) is 80.2 cm³/mol. The van der Waals surface area contributed by atoms with E-state index in [1.54, 1.807) is 12.1 Å². The van der Waals surface area contributed by atoms with Crippen molar-refractivity contribution in [3.63, 3.8) is 0 Å². The number of hydrogen-bond acceptors (Lipinski definition) is 6. The van der Waals surface area contributed by atoms with Crippen LogP contribution in [-0.4, -0.2) is 16.2 Å². The van der Waals surface area contributed by atoms with Gasteiger partial charge in [0, 0.05) is 0 Å². The molecule has 3 aromatic heterocycles. The van der Waals surface area contributed by atoms with Gasteiger partial charge in [0.05, 0.1) is 17.4 Å². The van der Waals surface area contributed by atoms with Crippen LogP contribution in [0.2, 0.25) is 0 Å². The second-order valence-corrected chi connectivity index (χ2v) is 5.36. The number of alkyl halides is 2. The summed E-state index contributed by atoms with van der Waals surface area (Å²) in [6.07, 6.45) is -0.00272. The van der Waals surface area contributed by atoms with Crippen LogP contribution >= 0.6 is 11.3 Å². The van der Waals surface area contributed by atoms with Crippen molar-refractivity contribution >= 4 is 23.5 Å². The van der Waals surface area contributed by atoms with E-state index in [0.717, 1.165) is 17.4 Å². The van der Waals surface area contributed by atoms with Crippen molar-refractivity contribution in [2.75, 3.05) is 5.43 Å². The fourth-order valence-electron chi connectivity index (χ4n) is 1.73. The summed E-state index contributed by atoms with van der Waals surface area (Å²) in [6.45, 7) is 0. The first-order valence-electron chi connectivity index (χ1n) is 6.37. The van der Waals surface area contributed by atoms with Crippen LogP contribution in [0.1, 0.15) is 17.0 Å². The van der Waals surface area contributed by atoms with Gasteiger partial charge in [-0.15, -0.1) is 11.3 Å². The number of hydrogen-bond donors (Lipinski definition) is 1. The van der Waals surface area contributed by atoms with Gasteiger partial charge in [-0.25, -0.2) is 24.2 Å². The summed E-state index contributed by atoms with van der Waals surface area (Å²) in [5.74, 6) is 0.226. The first kappa shape index (κ1) is 15.2. The molecule has 0 aromatic carbocycles. The summed E-state index contributed by atoms with van der Waals surface area (Å²) in [4.78, 5) is 8.30. The van der Waals surface area contributed by atoms with Gasteiger partial charge in [0.2, 0.25) is 5.95 Å². The van der Waals surface area contributed by atoms with Gasteiger partial charge in [-0.1, -0.05) is 0 Å². The van der Waals surface area contributed by atoms with Crippen molar-refractivity contribution in [1.29, 1.82) is 0 Å². The largest absolute Gasteiger partial charge is 0.463 e. The van der Waals surface area contributed by atoms with Crippen LogP contribution in [0.3, 0.4) is 0 Å². The third-order valence-corrected chi connectivity index (χ3v) is 3.50. The van der Waals surface area contributed by atoms with Crippen molar-refractivity contribution in [3.05, 3.63) is 52.3 Å². The number of thiophene rings is 1. The SMILES string of the molecule is Fc1ccc(/C=N\Nc2nc(-c3ccco3)cc(C(F)F)n2)s1. The molecule has 0 aliphatic rings. The molecule has 0 radical (unpaired) electrons. The van der Waals surface area contributed by atoms with Gasteiger partial charge in [0.15, 0.2) is 10.9 Å². The van der Waals surface area contributed by atoms with Gasteiger partial charge in [-0.2, -0.15) is 9.49 Å². The molecule has 0 saturated heterocycles. The zero-order chi connectivity index (χ0) is 16.2. The average Bonchev–Trinajstić information content (AvgIpc) is 3.19. The van der Waals surface area contributed by atoms with Crippen LogP contribution in [0.4, 0.5) is 19.1 Å². The minimum atomic E-state index is -2.76. The quantitative estimate of drug-likeness (QED) is 0.556. The third-order valence-electron chi connectivity index (χ3n) is 2.69. The van der Waals surface area contributed by atoms with Gasteiger partial charge >= 0.3 is 0 Å². The molecule has 0 spiro atoms. The molecule has 0 unspecified atom stereocenters. The Morgan fingerprint density at radius 1 is 1.26 bits per heavy atom. The first-order valence-corrected chi connectivity index (χ1v) is 7.19. The number of nitrogens with one attached hydrogen (secondary N) is 1. The summed E-state index contributed by atoms with van der Waals surface area (Å²) in [5, 5.41) is 3.47. The van der Waals surface area contributed by atoms with E-state index in [1.165, 1.54) is 24.6 Å². The van der Waals surface area contributed by atoms with E-state index < -0.39 is 12.1 Å². The lowest BCUT2D eigenvalue weighted by molar-refractivity contribution is 0.146. The van der Waals surface area contributed by atoms with E-state index in [9.17, 15) is 13.2 Å². The van der Waals surface area contributed by atoms with Crippen LogP contribution in [0.15, 0.2) is 46.1 Å². The highest BCUT2D eigenvalue weighted by atomic mass is 32.1. The molecule has 5 nitrogen and oxygen atoms in total. The van der Waals surface area contributed by atoms with E-state index >= 15 is 0 Å². The van der Waals surface area contributed by atoms with Crippen LogP contribution in [0, 0.1) is 5.13 Å². The van der Waals surface area contributed by atoms with Crippen molar-refractivity contribution in [3.8, 4) is 11.5 Å². The molecule has 3 heterocycles. The Balaban J connectivity index is 1.84. The highest BCUT2D eigenvalue weighted by Gasteiger charge is 2.15. The second-order valence-electron chi connectivity index (χ2n) is 4.29. The fourth-order valence-corrected chi connectivity index (χ4v) is 2.33. The molecule has 0 aliphatic carbocycles. The van der Waals surface area contributed by atoms with Gasteiger partial charge in [0.25, 0.3) is 6.43 Å². The van der Waals surface area contributed by atoms with Gasteiger partial charge < -0.3 is 4.42 Å². The Bertz CT molecular complexity index is 817. The Kier molecular flexibility index (Phi) is 4.38. The van der Waals surface area contributed by atoms with Crippen LogP contribution < -0.4 is 5.43 Å². The number of anilines is 1. The molecular formula is C14H9F3N4OS. The summed E-state index contributed by atoms with van der Waals surface area (Å²) in [5.41, 5.74) is 2.21. The van der Waals surface area contributed by atoms with Crippen molar-refractivity contribution in [2.24, 2.45) is 5.10 Å². The number of aromatic nitrogens is 2. The summed E-state index contributed by atoms with van der Waals surface area (Å²) >= 11 is 0.900. The normalized spacial score (nSPS) is 11.5. The van der Waals surface area contributed by atoms with Crippen LogP contribution in [0.25, 0.3) is 11.5 Å². The Hall–Kier alpha value is -2.68. The van der Waals surface area contributed by atoms with E-state index in [1.807, 2.05) is 0 Å². The predicted octanol–water partition coefficient (Wildman–Crippen LogP) is 4.32. The lowest BCUT2D eigenvalue weighted by atomic mass is 10.2. The number of nitrogens with zero attached hydrogens (tertiary/aromatic N) is 3. The Morgan fingerprint density at radius 3 is 2.78 bits per heavy atom. The summed E-state index contributed by atoms with van der Waals surface area (Å²) < 4.78 is 43.9. The molecular weight excluding hydrogens is 329 g/mol. The number of halogens is 3. The highest BCUT2D eigenvalue weighted by Crippen LogP contribution is 2.24. The van der Waals surface area contributed by atoms with Crippen LogP contribution in [-0.2, 0) is 0 Å². The second kappa shape index (κ2) is 6.61. The molecule has 0 saturated carbocycles. The highest BCUT2D eigenvalue weighted by molar-refractivity contribution is 7.12. The molecule has 3 rings (SSSR count). The van der Waals surface area contributed by atoms with Crippen molar-refractivity contribution in [2.45, 2.75) is 6.43 Å². The molecule has 0 amide bonds. The standard InChI is InChI=1S/C14H9F3N4OS/c15-12-4-3-8(23-12)7-18-21-14-19-9(11-2-1-5-22-11)6-10(20-14)13(16)17/h1-7,13H,(H,19,20,21)/b18-7-. The maximum Gasteiger partial charge on any atom is 0.280 e. The molecule has 1 N–H and O–H groups in total. The zero-order valence-corrected chi connectivity index (χ0v) is 12.2. The molecule has 3 aromatic rings. The first-order chi connectivity index (χ1) is 11.1. The summed E-state index contributed by atoms with van der Waals surface area (Å²) in [6, 6.07) is 7.20. The molecule has 0 fully saturated rings. The maximum atomic E-state index is 12.9. The average molecular weight is 338 g/mol. The fraction of sp³-hybridized carbons (Fsp3) is 0.0714. The van der Waals surface area contributed by atoms with Crippen LogP contribution in [0.5, 0.6) is 0 Å². The lowest BCUT2D eigenvalue weighted by Crippen LogP contribution is -2.02. The topological polar surface area (TPSA) is 63.3 Å². The van der Waals surface area contributed by atoms with E-state index in [0.29, 0.717) is 10.6 Å². The third kappa shape index (κ3) is 3.75. The number of rotatable bonds is 5. The maximum absolute atomic E-state index is 12.9. The van der Waals surface area contributed by atoms with Crippen molar-refractivity contribution in [1.82, 2.24) is 9.97 Å². The van der Waals surface area contributed by atoms with Crippen molar-refractivity contribution < 1.29 is 17.6 Å². The Labute approximate surface area is 132 Å². The minimum Gasteiger partial charge on any atom is -0.463 e. The molecule has 0 atom stereocenters. The molecule has 0 aliphatic heterocycles. The molecule has 23 heavy (non-hydrogen) atoms. The van der Waals surface area contributed by atoms with E-state index in [2.05, 4.69) is 20.5 Å². The number of hydrazone groups is 1. The van der Waals surface area contributed by atoms with Gasteiger partial charge in [-0.3, -0.25) is 0 Å². The monoisotopic (exact) mass is 338 g/mol. The molecule has 0 bridgehead atoms. The Morgan fingerprint density at radius 2 is 2.13 bits per heavy atom. The lowest BCUT2D eigenvalue weighted by Gasteiger charge is -2.05. The van der Waals surface area contributed by atoms with E-state index in [-0.39, 0.29) is 16.8 Å². The zero-order valence-electron chi connectivity index (χ0n) is 11.4. The molecule has 9 heteroatoms.